The Morgan fingerprint density at radius 1 is 1.00 bits per heavy atom. The number of nitrogens with zero attached hydrogens (tertiary/aromatic N) is 1. The van der Waals surface area contributed by atoms with Gasteiger partial charge in [-0.2, -0.15) is 8.42 Å². The lowest BCUT2D eigenvalue weighted by Crippen LogP contribution is -2.39. The van der Waals surface area contributed by atoms with Crippen LogP contribution in [0.2, 0.25) is 0 Å². The van der Waals surface area contributed by atoms with Gasteiger partial charge in [0.25, 0.3) is 0 Å². The molecule has 3 aromatic rings. The third-order valence-corrected chi connectivity index (χ3v) is 6.37. The number of benzene rings is 3. The van der Waals surface area contributed by atoms with Crippen LogP contribution >= 0.6 is 0 Å². The van der Waals surface area contributed by atoms with Crippen molar-refractivity contribution >= 4 is 21.8 Å². The molecule has 0 fully saturated rings. The Morgan fingerprint density at radius 2 is 1.64 bits per heavy atom. The Labute approximate surface area is 194 Å². The number of nitrogens with one attached hydrogen (secondary N) is 1. The number of aryl methyl sites for hydroxylation is 1. The van der Waals surface area contributed by atoms with E-state index in [9.17, 15) is 17.6 Å². The maximum absolute atomic E-state index is 13.1. The fourth-order valence-corrected chi connectivity index (χ4v) is 4.18. The third kappa shape index (κ3) is 6.32. The molecule has 2 amide bonds. The highest BCUT2D eigenvalue weighted by molar-refractivity contribution is 7.87. The molecule has 0 atom stereocenters. The summed E-state index contributed by atoms with van der Waals surface area (Å²) in [6, 6.07) is 18.3. The molecule has 6 nitrogen and oxygen atoms in total. The van der Waals surface area contributed by atoms with Gasteiger partial charge in [-0.15, -0.1) is 0 Å². The standard InChI is InChI=1S/C25H27FN2O4S/c1-4-20-7-5-6-8-24(20)27-25(29)28(18(2)3)17-19-9-13-22(14-10-19)32-33(30,31)23-15-11-21(26)12-16-23/h5-16,18H,4,17H2,1-3H3,(H,27,29). The second kappa shape index (κ2) is 10.5. The predicted molar refractivity (Wildman–Crippen MR) is 126 cm³/mol. The number of carbonyl (C=O) groups excluding carboxylic acids is 1. The summed E-state index contributed by atoms with van der Waals surface area (Å²) in [5.74, 6) is -0.407. The molecule has 0 aliphatic carbocycles. The topological polar surface area (TPSA) is 75.7 Å². The predicted octanol–water partition coefficient (Wildman–Crippen LogP) is 5.60. The summed E-state index contributed by atoms with van der Waals surface area (Å²) in [5, 5.41) is 2.98. The molecular weight excluding hydrogens is 443 g/mol. The van der Waals surface area contributed by atoms with Crippen LogP contribution in [0, 0.1) is 5.82 Å². The number of hydrogen-bond acceptors (Lipinski definition) is 4. The van der Waals surface area contributed by atoms with Crippen molar-refractivity contribution in [3.8, 4) is 5.75 Å². The third-order valence-electron chi connectivity index (χ3n) is 5.11. The minimum atomic E-state index is -4.08. The SMILES string of the molecule is CCc1ccccc1NC(=O)N(Cc1ccc(OS(=O)(=O)c2ccc(F)cc2)cc1)C(C)C. The van der Waals surface area contributed by atoms with Crippen molar-refractivity contribution in [2.75, 3.05) is 5.32 Å². The van der Waals surface area contributed by atoms with E-state index in [1.54, 1.807) is 17.0 Å². The molecular formula is C25H27FN2O4S. The van der Waals surface area contributed by atoms with Crippen molar-refractivity contribution < 1.29 is 21.8 Å². The van der Waals surface area contributed by atoms with Crippen molar-refractivity contribution in [3.05, 3.63) is 89.7 Å². The highest BCUT2D eigenvalue weighted by Crippen LogP contribution is 2.21. The van der Waals surface area contributed by atoms with E-state index in [1.807, 2.05) is 45.0 Å². The van der Waals surface area contributed by atoms with Crippen LogP contribution in [0.25, 0.3) is 0 Å². The quantitative estimate of drug-likeness (QED) is 0.435. The number of rotatable bonds is 8. The van der Waals surface area contributed by atoms with Gasteiger partial charge in [-0.1, -0.05) is 37.3 Å². The largest absolute Gasteiger partial charge is 0.379 e. The molecule has 174 valence electrons. The number of hydrogen-bond donors (Lipinski definition) is 1. The van der Waals surface area contributed by atoms with Crippen molar-refractivity contribution in [2.24, 2.45) is 0 Å². The van der Waals surface area contributed by atoms with E-state index >= 15 is 0 Å². The van der Waals surface area contributed by atoms with Crippen LogP contribution in [-0.2, 0) is 23.1 Å². The average Bonchev–Trinajstić information content (AvgIpc) is 2.78. The zero-order valence-corrected chi connectivity index (χ0v) is 19.6. The van der Waals surface area contributed by atoms with E-state index in [1.165, 1.54) is 12.1 Å². The van der Waals surface area contributed by atoms with Gasteiger partial charge in [0.15, 0.2) is 0 Å². The van der Waals surface area contributed by atoms with E-state index in [-0.39, 0.29) is 22.7 Å². The van der Waals surface area contributed by atoms with Gasteiger partial charge < -0.3 is 14.4 Å². The summed E-state index contributed by atoms with van der Waals surface area (Å²) in [4.78, 5) is 14.5. The van der Waals surface area contributed by atoms with Crippen LogP contribution in [0.3, 0.4) is 0 Å². The summed E-state index contributed by atoms with van der Waals surface area (Å²) in [6.45, 7) is 6.23. The van der Waals surface area contributed by atoms with Crippen molar-refractivity contribution in [2.45, 2.75) is 44.7 Å². The molecule has 0 saturated heterocycles. The monoisotopic (exact) mass is 470 g/mol. The van der Waals surface area contributed by atoms with Gasteiger partial charge >= 0.3 is 16.1 Å². The first-order valence-electron chi connectivity index (χ1n) is 10.6. The van der Waals surface area contributed by atoms with Gasteiger partial charge in [-0.3, -0.25) is 0 Å². The Balaban J connectivity index is 1.70. The van der Waals surface area contributed by atoms with E-state index < -0.39 is 15.9 Å². The molecule has 0 saturated carbocycles. The lowest BCUT2D eigenvalue weighted by molar-refractivity contribution is 0.193. The Kier molecular flexibility index (Phi) is 7.71. The minimum Gasteiger partial charge on any atom is -0.379 e. The summed E-state index contributed by atoms with van der Waals surface area (Å²) < 4.78 is 42.9. The Morgan fingerprint density at radius 3 is 2.24 bits per heavy atom. The Bertz CT molecular complexity index is 1190. The fourth-order valence-electron chi connectivity index (χ4n) is 3.25. The summed E-state index contributed by atoms with van der Waals surface area (Å²) >= 11 is 0. The highest BCUT2D eigenvalue weighted by atomic mass is 32.2. The van der Waals surface area contributed by atoms with Crippen LogP contribution in [-0.4, -0.2) is 25.4 Å². The first-order chi connectivity index (χ1) is 15.7. The summed E-state index contributed by atoms with van der Waals surface area (Å²) in [6.07, 6.45) is 0.806. The van der Waals surface area contributed by atoms with Crippen LogP contribution < -0.4 is 9.50 Å². The first-order valence-corrected chi connectivity index (χ1v) is 12.0. The zero-order chi connectivity index (χ0) is 24.0. The molecule has 0 aliphatic rings. The molecule has 8 heteroatoms. The van der Waals surface area contributed by atoms with Crippen LogP contribution in [0.4, 0.5) is 14.9 Å². The lowest BCUT2D eigenvalue weighted by Gasteiger charge is -2.27. The van der Waals surface area contributed by atoms with E-state index in [0.29, 0.717) is 6.54 Å². The van der Waals surface area contributed by atoms with Gasteiger partial charge in [0.1, 0.15) is 16.5 Å². The van der Waals surface area contributed by atoms with Gasteiger partial charge in [0.2, 0.25) is 0 Å². The maximum Gasteiger partial charge on any atom is 0.339 e. The molecule has 0 heterocycles. The second-order valence-corrected chi connectivity index (χ2v) is 9.34. The second-order valence-electron chi connectivity index (χ2n) is 7.80. The van der Waals surface area contributed by atoms with Crippen molar-refractivity contribution in [1.82, 2.24) is 4.90 Å². The molecule has 1 N–H and O–H groups in total. The van der Waals surface area contributed by atoms with Crippen molar-refractivity contribution in [1.29, 1.82) is 0 Å². The van der Waals surface area contributed by atoms with Crippen LogP contribution in [0.1, 0.15) is 31.9 Å². The van der Waals surface area contributed by atoms with Crippen LogP contribution in [0.15, 0.2) is 77.7 Å². The van der Waals surface area contributed by atoms with Gasteiger partial charge in [0, 0.05) is 18.3 Å². The van der Waals surface area contributed by atoms with E-state index in [4.69, 9.17) is 4.18 Å². The molecule has 0 aliphatic heterocycles. The van der Waals surface area contributed by atoms with E-state index in [0.717, 1.165) is 47.5 Å². The molecule has 0 spiro atoms. The smallest absolute Gasteiger partial charge is 0.339 e. The van der Waals surface area contributed by atoms with Gasteiger partial charge in [-0.25, -0.2) is 9.18 Å². The molecule has 3 rings (SSSR count). The summed E-state index contributed by atoms with van der Waals surface area (Å²) in [5.41, 5.74) is 2.65. The van der Waals surface area contributed by atoms with Gasteiger partial charge in [0.05, 0.1) is 0 Å². The number of para-hydroxylation sites is 1. The number of urea groups is 1. The van der Waals surface area contributed by atoms with Gasteiger partial charge in [-0.05, 0) is 73.9 Å². The highest BCUT2D eigenvalue weighted by Gasteiger charge is 2.20. The minimum absolute atomic E-state index is 0.0615. The summed E-state index contributed by atoms with van der Waals surface area (Å²) in [7, 11) is -4.08. The number of halogens is 1. The molecule has 33 heavy (non-hydrogen) atoms. The number of carbonyl (C=O) groups is 1. The molecule has 0 unspecified atom stereocenters. The normalized spacial score (nSPS) is 11.3. The number of anilines is 1. The van der Waals surface area contributed by atoms with E-state index in [2.05, 4.69) is 5.32 Å². The average molecular weight is 471 g/mol. The molecule has 3 aromatic carbocycles. The maximum atomic E-state index is 13.1. The first kappa shape index (κ1) is 24.3. The van der Waals surface area contributed by atoms with Crippen molar-refractivity contribution in [3.63, 3.8) is 0 Å². The Hall–Kier alpha value is -3.39. The van der Waals surface area contributed by atoms with Crippen LogP contribution in [0.5, 0.6) is 5.75 Å². The molecule has 0 radical (unpaired) electrons. The fraction of sp³-hybridized carbons (Fsp3) is 0.240. The zero-order valence-electron chi connectivity index (χ0n) is 18.8. The molecule has 0 bridgehead atoms. The number of amides is 2. The lowest BCUT2D eigenvalue weighted by atomic mass is 10.1. The molecule has 0 aromatic heterocycles.